The highest BCUT2D eigenvalue weighted by Gasteiger charge is 2.28. The fourth-order valence-electron chi connectivity index (χ4n) is 2.07. The lowest BCUT2D eigenvalue weighted by Crippen LogP contribution is -2.34. The molecule has 0 radical (unpaired) electrons. The molecule has 2 rings (SSSR count). The average molecular weight is 302 g/mol. The van der Waals surface area contributed by atoms with Gasteiger partial charge in [0.1, 0.15) is 12.2 Å². The Labute approximate surface area is 118 Å². The number of aliphatic hydroxyl groups excluding tert-OH is 1. The average Bonchev–Trinajstić information content (AvgIpc) is 2.47. The van der Waals surface area contributed by atoms with Gasteiger partial charge in [-0.25, -0.2) is 0 Å². The SMILES string of the molecule is COS(=O)(=O)c1ccc(C)cc1[C@H]1CO[C@@H](CO)CO1. The zero-order valence-electron chi connectivity index (χ0n) is 11.4. The molecule has 0 aromatic heterocycles. The standard InChI is InChI=1S/C13H18O6S/c1-9-3-4-13(20(15,16)17-2)11(5-9)12-8-18-10(6-14)7-19-12/h3-5,10,12,14H,6-8H2,1-2H3/t10-,12+/m0/s1. The molecule has 0 saturated carbocycles. The van der Waals surface area contributed by atoms with E-state index in [-0.39, 0.29) is 30.8 Å². The van der Waals surface area contributed by atoms with Gasteiger partial charge in [0.05, 0.1) is 31.8 Å². The van der Waals surface area contributed by atoms with E-state index in [1.54, 1.807) is 12.1 Å². The summed E-state index contributed by atoms with van der Waals surface area (Å²) in [6, 6.07) is 4.96. The van der Waals surface area contributed by atoms with Gasteiger partial charge in [0.25, 0.3) is 10.1 Å². The topological polar surface area (TPSA) is 82.1 Å². The van der Waals surface area contributed by atoms with Gasteiger partial charge in [-0.2, -0.15) is 8.42 Å². The third-order valence-corrected chi connectivity index (χ3v) is 4.52. The van der Waals surface area contributed by atoms with Crippen LogP contribution in [0.5, 0.6) is 0 Å². The molecular weight excluding hydrogens is 284 g/mol. The van der Waals surface area contributed by atoms with E-state index in [9.17, 15) is 8.42 Å². The molecule has 1 saturated heterocycles. The van der Waals surface area contributed by atoms with E-state index in [0.29, 0.717) is 5.56 Å². The first kappa shape index (κ1) is 15.4. The summed E-state index contributed by atoms with van der Waals surface area (Å²) in [6.45, 7) is 2.17. The van der Waals surface area contributed by atoms with E-state index in [4.69, 9.17) is 14.6 Å². The van der Waals surface area contributed by atoms with E-state index >= 15 is 0 Å². The second kappa shape index (κ2) is 6.19. The Kier molecular flexibility index (Phi) is 4.77. The predicted octanol–water partition coefficient (Wildman–Crippen LogP) is 0.779. The van der Waals surface area contributed by atoms with Crippen molar-refractivity contribution in [3.05, 3.63) is 29.3 Å². The number of aliphatic hydroxyl groups is 1. The molecule has 1 N–H and O–H groups in total. The molecule has 0 amide bonds. The van der Waals surface area contributed by atoms with Crippen molar-refractivity contribution in [1.82, 2.24) is 0 Å². The second-order valence-electron chi connectivity index (χ2n) is 4.62. The molecular formula is C13H18O6S. The Balaban J connectivity index is 2.34. The highest BCUT2D eigenvalue weighted by molar-refractivity contribution is 7.86. The quantitative estimate of drug-likeness (QED) is 0.828. The van der Waals surface area contributed by atoms with Gasteiger partial charge in [0.15, 0.2) is 0 Å². The molecule has 1 heterocycles. The Hall–Kier alpha value is -0.990. The summed E-state index contributed by atoms with van der Waals surface area (Å²) in [5.74, 6) is 0. The van der Waals surface area contributed by atoms with E-state index in [1.165, 1.54) is 6.07 Å². The smallest absolute Gasteiger partial charge is 0.297 e. The van der Waals surface area contributed by atoms with Crippen LogP contribution in [0.25, 0.3) is 0 Å². The van der Waals surface area contributed by atoms with Crippen LogP contribution in [0.2, 0.25) is 0 Å². The van der Waals surface area contributed by atoms with Gasteiger partial charge in [0.2, 0.25) is 0 Å². The maximum Gasteiger partial charge on any atom is 0.297 e. The van der Waals surface area contributed by atoms with Crippen LogP contribution in [-0.4, -0.2) is 46.6 Å². The summed E-state index contributed by atoms with van der Waals surface area (Å²) >= 11 is 0. The van der Waals surface area contributed by atoms with Crippen molar-refractivity contribution in [3.8, 4) is 0 Å². The van der Waals surface area contributed by atoms with Crippen molar-refractivity contribution in [2.24, 2.45) is 0 Å². The van der Waals surface area contributed by atoms with Crippen LogP contribution in [0.3, 0.4) is 0 Å². The number of benzene rings is 1. The predicted molar refractivity (Wildman–Crippen MR) is 70.9 cm³/mol. The Morgan fingerprint density at radius 2 is 2.10 bits per heavy atom. The van der Waals surface area contributed by atoms with Crippen LogP contribution < -0.4 is 0 Å². The van der Waals surface area contributed by atoms with E-state index in [1.807, 2.05) is 6.92 Å². The second-order valence-corrected chi connectivity index (χ2v) is 6.30. The highest BCUT2D eigenvalue weighted by atomic mass is 32.2. The van der Waals surface area contributed by atoms with Crippen LogP contribution in [-0.2, 0) is 23.8 Å². The van der Waals surface area contributed by atoms with E-state index in [2.05, 4.69) is 4.18 Å². The van der Waals surface area contributed by atoms with Gasteiger partial charge in [-0.3, -0.25) is 4.18 Å². The first-order valence-corrected chi connectivity index (χ1v) is 7.64. The summed E-state index contributed by atoms with van der Waals surface area (Å²) in [6.07, 6.45) is -0.851. The molecule has 6 nitrogen and oxygen atoms in total. The normalized spacial score (nSPS) is 23.8. The number of ether oxygens (including phenoxy) is 2. The summed E-state index contributed by atoms with van der Waals surface area (Å²) < 4.78 is 39.5. The van der Waals surface area contributed by atoms with E-state index in [0.717, 1.165) is 12.7 Å². The molecule has 0 aliphatic carbocycles. The van der Waals surface area contributed by atoms with Crippen molar-refractivity contribution in [1.29, 1.82) is 0 Å². The molecule has 2 atom stereocenters. The van der Waals surface area contributed by atoms with Crippen molar-refractivity contribution >= 4 is 10.1 Å². The monoisotopic (exact) mass is 302 g/mol. The van der Waals surface area contributed by atoms with Gasteiger partial charge >= 0.3 is 0 Å². The Bertz CT molecular complexity index is 560. The van der Waals surface area contributed by atoms with Crippen molar-refractivity contribution in [2.75, 3.05) is 26.9 Å². The fourth-order valence-corrected chi connectivity index (χ4v) is 2.96. The summed E-state index contributed by atoms with van der Waals surface area (Å²) in [5.41, 5.74) is 1.44. The Morgan fingerprint density at radius 3 is 2.65 bits per heavy atom. The fraction of sp³-hybridized carbons (Fsp3) is 0.538. The molecule has 0 unspecified atom stereocenters. The maximum absolute atomic E-state index is 11.9. The molecule has 7 heteroatoms. The summed E-state index contributed by atoms with van der Waals surface area (Å²) in [7, 11) is -2.67. The minimum atomic E-state index is -3.80. The molecule has 0 spiro atoms. The van der Waals surface area contributed by atoms with Crippen molar-refractivity contribution < 1.29 is 27.2 Å². The van der Waals surface area contributed by atoms with Gasteiger partial charge in [0, 0.05) is 5.56 Å². The number of hydrogen-bond acceptors (Lipinski definition) is 6. The molecule has 1 fully saturated rings. The third kappa shape index (κ3) is 3.18. The highest BCUT2D eigenvalue weighted by Crippen LogP contribution is 2.30. The zero-order chi connectivity index (χ0) is 14.8. The maximum atomic E-state index is 11.9. The lowest BCUT2D eigenvalue weighted by atomic mass is 10.1. The van der Waals surface area contributed by atoms with Gasteiger partial charge in [-0.1, -0.05) is 17.7 Å². The van der Waals surface area contributed by atoms with Gasteiger partial charge in [-0.15, -0.1) is 0 Å². The molecule has 20 heavy (non-hydrogen) atoms. The minimum absolute atomic E-state index is 0.0849. The third-order valence-electron chi connectivity index (χ3n) is 3.17. The van der Waals surface area contributed by atoms with Crippen LogP contribution in [0, 0.1) is 6.92 Å². The van der Waals surface area contributed by atoms with Crippen LogP contribution in [0.15, 0.2) is 23.1 Å². The molecule has 1 aromatic rings. The molecule has 0 bridgehead atoms. The van der Waals surface area contributed by atoms with Gasteiger partial charge in [-0.05, 0) is 13.0 Å². The van der Waals surface area contributed by atoms with Crippen LogP contribution >= 0.6 is 0 Å². The summed E-state index contributed by atoms with van der Waals surface area (Å²) in [4.78, 5) is 0.0849. The molecule has 1 aliphatic heterocycles. The van der Waals surface area contributed by atoms with Crippen LogP contribution in [0.1, 0.15) is 17.2 Å². The number of aryl methyl sites for hydroxylation is 1. The van der Waals surface area contributed by atoms with E-state index < -0.39 is 16.2 Å². The van der Waals surface area contributed by atoms with Gasteiger partial charge < -0.3 is 14.6 Å². The Morgan fingerprint density at radius 1 is 1.35 bits per heavy atom. The minimum Gasteiger partial charge on any atom is -0.394 e. The molecule has 1 aromatic carbocycles. The lowest BCUT2D eigenvalue weighted by Gasteiger charge is -2.29. The molecule has 112 valence electrons. The first-order valence-electron chi connectivity index (χ1n) is 6.23. The van der Waals surface area contributed by atoms with Crippen molar-refractivity contribution in [2.45, 2.75) is 24.0 Å². The van der Waals surface area contributed by atoms with Crippen LogP contribution in [0.4, 0.5) is 0 Å². The zero-order valence-corrected chi connectivity index (χ0v) is 12.2. The number of rotatable bonds is 4. The summed E-state index contributed by atoms with van der Waals surface area (Å²) in [5, 5.41) is 8.99. The number of hydrogen-bond donors (Lipinski definition) is 1. The first-order chi connectivity index (χ1) is 9.47. The van der Waals surface area contributed by atoms with Crippen molar-refractivity contribution in [3.63, 3.8) is 0 Å². The lowest BCUT2D eigenvalue weighted by molar-refractivity contribution is -0.147. The molecule has 1 aliphatic rings. The largest absolute Gasteiger partial charge is 0.394 e.